The van der Waals surface area contributed by atoms with Gasteiger partial charge < -0.3 is 0 Å². The number of aryl methyl sites for hydroxylation is 1. The van der Waals surface area contributed by atoms with E-state index in [-0.39, 0.29) is 33.1 Å². The largest absolute Gasteiger partial charge is 0.240 e. The monoisotopic (exact) mass is 545 g/mol. The second kappa shape index (κ2) is 9.46. The Labute approximate surface area is 217 Å². The summed E-state index contributed by atoms with van der Waals surface area (Å²) < 4.78 is 57.1. The van der Waals surface area contributed by atoms with Crippen LogP contribution in [0.15, 0.2) is 60.1 Å². The molecule has 2 aromatic carbocycles. The Morgan fingerprint density at radius 1 is 1.06 bits per heavy atom. The first-order chi connectivity index (χ1) is 16.8. The zero-order valence-corrected chi connectivity index (χ0v) is 22.3. The first-order valence-electron chi connectivity index (χ1n) is 10.8. The molecule has 0 spiro atoms. The molecular formula is C26H22ClF2N3O2S2. The summed E-state index contributed by atoms with van der Waals surface area (Å²) in [4.78, 5) is 12.3. The van der Waals surface area contributed by atoms with Gasteiger partial charge in [0.1, 0.15) is 16.5 Å². The van der Waals surface area contributed by atoms with E-state index in [4.69, 9.17) is 16.6 Å². The van der Waals surface area contributed by atoms with Gasteiger partial charge in [0.15, 0.2) is 0 Å². The maximum Gasteiger partial charge on any atom is 0.222 e. The van der Waals surface area contributed by atoms with E-state index in [1.165, 1.54) is 54.8 Å². The zero-order chi connectivity index (χ0) is 26.4. The predicted molar refractivity (Wildman–Crippen MR) is 140 cm³/mol. The van der Waals surface area contributed by atoms with Gasteiger partial charge in [-0.3, -0.25) is 0 Å². The van der Waals surface area contributed by atoms with E-state index in [2.05, 4.69) is 16.5 Å². The molecular weight excluding hydrogens is 524 g/mol. The fourth-order valence-electron chi connectivity index (χ4n) is 3.61. The van der Waals surface area contributed by atoms with Crippen LogP contribution in [0.2, 0.25) is 5.28 Å². The van der Waals surface area contributed by atoms with Gasteiger partial charge in [-0.15, -0.1) is 11.3 Å². The molecule has 0 saturated heterocycles. The molecule has 0 fully saturated rings. The summed E-state index contributed by atoms with van der Waals surface area (Å²) in [7, 11) is -4.43. The normalized spacial score (nSPS) is 12.1. The maximum absolute atomic E-state index is 16.0. The van der Waals surface area contributed by atoms with Gasteiger partial charge in [-0.25, -0.2) is 32.2 Å². The van der Waals surface area contributed by atoms with Crippen LogP contribution in [-0.2, 0) is 15.3 Å². The second-order valence-electron chi connectivity index (χ2n) is 9.14. The molecule has 186 valence electrons. The third-order valence-corrected chi connectivity index (χ3v) is 9.05. The summed E-state index contributed by atoms with van der Waals surface area (Å²) in [6.45, 7) is 11.0. The Morgan fingerprint density at radius 2 is 1.75 bits per heavy atom. The molecule has 2 aromatic heterocycles. The van der Waals surface area contributed by atoms with Gasteiger partial charge in [-0.2, -0.15) is 0 Å². The van der Waals surface area contributed by atoms with Gasteiger partial charge in [0, 0.05) is 22.7 Å². The molecule has 2 heterocycles. The van der Waals surface area contributed by atoms with Crippen LogP contribution in [0.5, 0.6) is 0 Å². The van der Waals surface area contributed by atoms with Crippen molar-refractivity contribution in [2.45, 2.75) is 38.0 Å². The minimum absolute atomic E-state index is 0.0260. The van der Waals surface area contributed by atoms with Gasteiger partial charge in [0.05, 0.1) is 26.2 Å². The third-order valence-electron chi connectivity index (χ3n) is 5.44. The molecule has 4 rings (SSSR count). The van der Waals surface area contributed by atoms with E-state index in [0.29, 0.717) is 10.6 Å². The number of aromatic nitrogens is 3. The molecule has 4 aromatic rings. The lowest BCUT2D eigenvalue weighted by Crippen LogP contribution is -2.10. The van der Waals surface area contributed by atoms with Crippen LogP contribution >= 0.6 is 22.9 Å². The Bertz CT molecular complexity index is 1590. The average molecular weight is 546 g/mol. The van der Waals surface area contributed by atoms with Crippen LogP contribution in [0.4, 0.5) is 8.78 Å². The Balaban J connectivity index is 1.91. The first kappa shape index (κ1) is 26.1. The lowest BCUT2D eigenvalue weighted by atomic mass is 9.98. The molecule has 10 heteroatoms. The molecule has 0 unspecified atom stereocenters. The minimum atomic E-state index is -4.43. The van der Waals surface area contributed by atoms with Crippen molar-refractivity contribution in [3.8, 4) is 21.8 Å². The number of rotatable bonds is 5. The quantitative estimate of drug-likeness (QED) is 0.247. The first-order valence-corrected chi connectivity index (χ1v) is 13.5. The molecule has 0 amide bonds. The standard InChI is InChI=1S/C26H22ClF2N3O2S2/c1-14-8-6-11-18(28)23(14)36(33,34)15(2)16-9-7-10-17(20(16)29)21-22(19-12-13-30-25(27)31-19)35-24(32-21)26(3,4)5/h6-13H,2H2,1,3-5H3. The molecule has 36 heavy (non-hydrogen) atoms. The van der Waals surface area contributed by atoms with Gasteiger partial charge in [-0.05, 0) is 42.3 Å². The average Bonchev–Trinajstić information content (AvgIpc) is 3.24. The van der Waals surface area contributed by atoms with Crippen LogP contribution in [0, 0.1) is 18.6 Å². The molecule has 0 bridgehead atoms. The van der Waals surface area contributed by atoms with Crippen LogP contribution in [0.25, 0.3) is 26.7 Å². The van der Waals surface area contributed by atoms with Crippen molar-refractivity contribution >= 4 is 37.7 Å². The molecule has 0 aliphatic heterocycles. The number of sulfone groups is 1. The minimum Gasteiger partial charge on any atom is -0.240 e. The van der Waals surface area contributed by atoms with E-state index < -0.39 is 31.3 Å². The van der Waals surface area contributed by atoms with Crippen LogP contribution in [-0.4, -0.2) is 23.4 Å². The number of hydrogen-bond donors (Lipinski definition) is 0. The summed E-state index contributed by atoms with van der Waals surface area (Å²) >= 11 is 7.34. The van der Waals surface area contributed by atoms with E-state index in [0.717, 1.165) is 11.1 Å². The number of thiazole rings is 1. The predicted octanol–water partition coefficient (Wildman–Crippen LogP) is 7.25. The van der Waals surface area contributed by atoms with Crippen LogP contribution < -0.4 is 0 Å². The topological polar surface area (TPSA) is 72.8 Å². The van der Waals surface area contributed by atoms with Crippen molar-refractivity contribution in [2.75, 3.05) is 0 Å². The molecule has 0 aliphatic rings. The van der Waals surface area contributed by atoms with Crippen molar-refractivity contribution in [3.63, 3.8) is 0 Å². The summed E-state index contributed by atoms with van der Waals surface area (Å²) in [5.74, 6) is -1.77. The number of nitrogens with zero attached hydrogens (tertiary/aromatic N) is 3. The fraction of sp³-hybridized carbons (Fsp3) is 0.192. The molecule has 0 radical (unpaired) electrons. The fourth-order valence-corrected chi connectivity index (χ4v) is 6.38. The summed E-state index contributed by atoms with van der Waals surface area (Å²) in [6.07, 6.45) is 1.49. The molecule has 0 N–H and O–H groups in total. The molecule has 0 atom stereocenters. The van der Waals surface area contributed by atoms with E-state index in [1.807, 2.05) is 20.8 Å². The number of benzene rings is 2. The van der Waals surface area contributed by atoms with E-state index >= 15 is 4.39 Å². The van der Waals surface area contributed by atoms with Crippen molar-refractivity contribution in [3.05, 3.63) is 88.3 Å². The Hall–Kier alpha value is -3.01. The Morgan fingerprint density at radius 3 is 2.39 bits per heavy atom. The molecule has 5 nitrogen and oxygen atoms in total. The van der Waals surface area contributed by atoms with E-state index in [1.54, 1.807) is 6.07 Å². The smallest absolute Gasteiger partial charge is 0.222 e. The van der Waals surface area contributed by atoms with Crippen molar-refractivity contribution in [1.82, 2.24) is 15.0 Å². The van der Waals surface area contributed by atoms with Gasteiger partial charge in [0.2, 0.25) is 15.1 Å². The number of halogens is 3. The number of hydrogen-bond acceptors (Lipinski definition) is 6. The van der Waals surface area contributed by atoms with Crippen molar-refractivity contribution in [1.29, 1.82) is 0 Å². The lowest BCUT2D eigenvalue weighted by molar-refractivity contribution is 0.570. The SMILES string of the molecule is C=C(c1cccc(-c2nc(C(C)(C)C)sc2-c2ccnc(Cl)n2)c1F)S(=O)(=O)c1c(C)cccc1F. The van der Waals surface area contributed by atoms with Gasteiger partial charge in [0.25, 0.3) is 0 Å². The highest BCUT2D eigenvalue weighted by Gasteiger charge is 2.30. The van der Waals surface area contributed by atoms with Crippen molar-refractivity contribution in [2.24, 2.45) is 0 Å². The highest BCUT2D eigenvalue weighted by Crippen LogP contribution is 2.42. The van der Waals surface area contributed by atoms with Crippen molar-refractivity contribution < 1.29 is 17.2 Å². The molecule has 0 saturated carbocycles. The van der Waals surface area contributed by atoms with Gasteiger partial charge >= 0.3 is 0 Å². The highest BCUT2D eigenvalue weighted by molar-refractivity contribution is 8.00. The van der Waals surface area contributed by atoms with E-state index in [9.17, 15) is 12.8 Å². The second-order valence-corrected chi connectivity index (χ2v) is 12.4. The Kier molecular flexibility index (Phi) is 6.85. The van der Waals surface area contributed by atoms with Crippen LogP contribution in [0.3, 0.4) is 0 Å². The summed E-state index contributed by atoms with van der Waals surface area (Å²) in [5, 5.41) is 0.749. The lowest BCUT2D eigenvalue weighted by Gasteiger charge is -2.14. The molecule has 0 aliphatic carbocycles. The zero-order valence-electron chi connectivity index (χ0n) is 19.9. The van der Waals surface area contributed by atoms with Gasteiger partial charge in [-0.1, -0.05) is 51.6 Å². The summed E-state index contributed by atoms with van der Waals surface area (Å²) in [6, 6.07) is 9.87. The maximum atomic E-state index is 16.0. The summed E-state index contributed by atoms with van der Waals surface area (Å²) in [5.41, 5.74) is 0.378. The highest BCUT2D eigenvalue weighted by atomic mass is 35.5. The third kappa shape index (κ3) is 4.70. The van der Waals surface area contributed by atoms with Crippen LogP contribution in [0.1, 0.15) is 36.9 Å².